The van der Waals surface area contributed by atoms with Crippen molar-refractivity contribution in [2.24, 2.45) is 0 Å². The molecule has 1 aromatic heterocycles. The number of rotatable bonds is 7. The smallest absolute Gasteiger partial charge is 0.251 e. The van der Waals surface area contributed by atoms with E-state index in [1.165, 1.54) is 6.33 Å². The largest absolute Gasteiger partial charge is 0.380 e. The Morgan fingerprint density at radius 1 is 1.12 bits per heavy atom. The third-order valence-corrected chi connectivity index (χ3v) is 3.88. The highest BCUT2D eigenvalue weighted by atomic mass is 16.5. The van der Waals surface area contributed by atoms with Gasteiger partial charge in [0.15, 0.2) is 0 Å². The van der Waals surface area contributed by atoms with Crippen LogP contribution >= 0.6 is 0 Å². The van der Waals surface area contributed by atoms with Crippen molar-refractivity contribution in [1.82, 2.24) is 20.1 Å². The van der Waals surface area contributed by atoms with Crippen molar-refractivity contribution < 1.29 is 9.53 Å². The number of nitrogens with zero attached hydrogens (tertiary/aromatic N) is 3. The molecule has 1 amide bonds. The van der Waals surface area contributed by atoms with Gasteiger partial charge in [-0.25, -0.2) is 9.67 Å². The fourth-order valence-electron chi connectivity index (χ4n) is 2.57. The Kier molecular flexibility index (Phi) is 5.53. The summed E-state index contributed by atoms with van der Waals surface area (Å²) in [6, 6.07) is 15.4. The number of amides is 1. The molecule has 0 atom stereocenters. The lowest BCUT2D eigenvalue weighted by Crippen LogP contribution is -2.23. The minimum Gasteiger partial charge on any atom is -0.380 e. The van der Waals surface area contributed by atoms with Gasteiger partial charge in [-0.2, -0.15) is 5.10 Å². The van der Waals surface area contributed by atoms with Crippen LogP contribution in [0.25, 0.3) is 0 Å². The van der Waals surface area contributed by atoms with Gasteiger partial charge in [-0.05, 0) is 28.8 Å². The molecule has 0 saturated heterocycles. The van der Waals surface area contributed by atoms with E-state index in [0.717, 1.165) is 16.7 Å². The third-order valence-electron chi connectivity index (χ3n) is 3.88. The van der Waals surface area contributed by atoms with E-state index < -0.39 is 0 Å². The highest BCUT2D eigenvalue weighted by molar-refractivity contribution is 5.94. The van der Waals surface area contributed by atoms with E-state index in [0.29, 0.717) is 25.3 Å². The van der Waals surface area contributed by atoms with E-state index in [1.54, 1.807) is 18.1 Å². The molecule has 6 nitrogen and oxygen atoms in total. The van der Waals surface area contributed by atoms with Crippen LogP contribution in [0.4, 0.5) is 0 Å². The lowest BCUT2D eigenvalue weighted by molar-refractivity contribution is 0.0950. The van der Waals surface area contributed by atoms with Gasteiger partial charge in [0.25, 0.3) is 5.91 Å². The first-order valence-corrected chi connectivity index (χ1v) is 8.01. The normalized spacial score (nSPS) is 10.6. The zero-order chi connectivity index (χ0) is 17.5. The quantitative estimate of drug-likeness (QED) is 0.719. The molecule has 0 fully saturated rings. The fraction of sp³-hybridized carbons (Fsp3) is 0.211. The van der Waals surface area contributed by atoms with E-state index in [9.17, 15) is 4.79 Å². The summed E-state index contributed by atoms with van der Waals surface area (Å²) in [5.74, 6) is -0.0977. The Morgan fingerprint density at radius 3 is 2.56 bits per heavy atom. The predicted octanol–water partition coefficient (Wildman–Crippen LogP) is 2.40. The van der Waals surface area contributed by atoms with Gasteiger partial charge in [0.2, 0.25) is 0 Å². The zero-order valence-corrected chi connectivity index (χ0v) is 14.1. The van der Waals surface area contributed by atoms with Crippen LogP contribution in [-0.2, 0) is 24.4 Å². The van der Waals surface area contributed by atoms with Crippen molar-refractivity contribution >= 4 is 5.91 Å². The van der Waals surface area contributed by atoms with Crippen molar-refractivity contribution in [3.63, 3.8) is 0 Å². The summed E-state index contributed by atoms with van der Waals surface area (Å²) in [6.45, 7) is 1.63. The van der Waals surface area contributed by atoms with Gasteiger partial charge >= 0.3 is 0 Å². The van der Waals surface area contributed by atoms with Crippen LogP contribution in [0.15, 0.2) is 61.2 Å². The highest BCUT2D eigenvalue weighted by Gasteiger charge is 2.07. The van der Waals surface area contributed by atoms with Gasteiger partial charge in [-0.3, -0.25) is 4.79 Å². The van der Waals surface area contributed by atoms with Gasteiger partial charge in [-0.1, -0.05) is 36.4 Å². The Hall–Kier alpha value is -2.99. The number of methoxy groups -OCH3 is 1. The molecule has 0 aliphatic rings. The fourth-order valence-corrected chi connectivity index (χ4v) is 2.57. The molecule has 0 aliphatic carbocycles. The Labute approximate surface area is 146 Å². The molecule has 0 radical (unpaired) electrons. The van der Waals surface area contributed by atoms with Crippen LogP contribution in [-0.4, -0.2) is 27.8 Å². The summed E-state index contributed by atoms with van der Waals surface area (Å²) in [7, 11) is 1.66. The average molecular weight is 336 g/mol. The molecule has 6 heteroatoms. The first-order valence-electron chi connectivity index (χ1n) is 8.01. The minimum absolute atomic E-state index is 0.0977. The van der Waals surface area contributed by atoms with E-state index >= 15 is 0 Å². The second-order valence-electron chi connectivity index (χ2n) is 5.67. The molecular formula is C19H20N4O2. The van der Waals surface area contributed by atoms with Crippen LogP contribution < -0.4 is 5.32 Å². The molecule has 1 heterocycles. The van der Waals surface area contributed by atoms with Crippen LogP contribution in [0.2, 0.25) is 0 Å². The molecular weight excluding hydrogens is 316 g/mol. The number of hydrogen-bond acceptors (Lipinski definition) is 4. The van der Waals surface area contributed by atoms with Crippen molar-refractivity contribution in [2.45, 2.75) is 19.7 Å². The molecule has 0 unspecified atom stereocenters. The first kappa shape index (κ1) is 16.9. The standard InChI is InChI=1S/C19H20N4O2/c1-25-12-18-5-3-2-4-17(18)10-21-19(24)16-8-6-15(7-9-16)11-23-14-20-13-22-23/h2-9,13-14H,10-12H2,1H3,(H,21,24). The number of aromatic nitrogens is 3. The van der Waals surface area contributed by atoms with E-state index in [2.05, 4.69) is 15.4 Å². The molecule has 1 N–H and O–H groups in total. The van der Waals surface area contributed by atoms with Crippen molar-refractivity contribution in [2.75, 3.05) is 7.11 Å². The van der Waals surface area contributed by atoms with Crippen molar-refractivity contribution in [3.05, 3.63) is 83.4 Å². The average Bonchev–Trinajstić information content (AvgIpc) is 3.15. The zero-order valence-electron chi connectivity index (χ0n) is 14.1. The summed E-state index contributed by atoms with van der Waals surface area (Å²) in [6.07, 6.45) is 3.17. The van der Waals surface area contributed by atoms with Crippen LogP contribution in [0, 0.1) is 0 Å². The Balaban J connectivity index is 1.60. The number of nitrogens with one attached hydrogen (secondary N) is 1. The number of hydrogen-bond donors (Lipinski definition) is 1. The Morgan fingerprint density at radius 2 is 1.88 bits per heavy atom. The van der Waals surface area contributed by atoms with E-state index in [4.69, 9.17) is 4.74 Å². The predicted molar refractivity (Wildman–Crippen MR) is 93.9 cm³/mol. The van der Waals surface area contributed by atoms with Crippen LogP contribution in [0.5, 0.6) is 0 Å². The molecule has 2 aromatic carbocycles. The second-order valence-corrected chi connectivity index (χ2v) is 5.67. The molecule has 3 rings (SSSR count). The van der Waals surface area contributed by atoms with E-state index in [-0.39, 0.29) is 5.91 Å². The first-order chi connectivity index (χ1) is 12.3. The van der Waals surface area contributed by atoms with Crippen molar-refractivity contribution in [3.8, 4) is 0 Å². The molecule has 128 valence electrons. The SMILES string of the molecule is COCc1ccccc1CNC(=O)c1ccc(Cn2cncn2)cc1. The molecule has 0 spiro atoms. The van der Waals surface area contributed by atoms with Gasteiger partial charge in [-0.15, -0.1) is 0 Å². The molecule has 25 heavy (non-hydrogen) atoms. The van der Waals surface area contributed by atoms with Crippen LogP contribution in [0.1, 0.15) is 27.0 Å². The summed E-state index contributed by atoms with van der Waals surface area (Å²) < 4.78 is 6.93. The maximum absolute atomic E-state index is 12.3. The molecule has 0 aliphatic heterocycles. The number of carbonyl (C=O) groups is 1. The Bertz CT molecular complexity index is 814. The van der Waals surface area contributed by atoms with Crippen molar-refractivity contribution in [1.29, 1.82) is 0 Å². The lowest BCUT2D eigenvalue weighted by Gasteiger charge is -2.10. The summed E-state index contributed by atoms with van der Waals surface area (Å²) in [5, 5.41) is 7.03. The lowest BCUT2D eigenvalue weighted by atomic mass is 10.1. The maximum atomic E-state index is 12.3. The van der Waals surface area contributed by atoms with Gasteiger partial charge in [0, 0.05) is 19.2 Å². The minimum atomic E-state index is -0.0977. The van der Waals surface area contributed by atoms with Gasteiger partial charge < -0.3 is 10.1 Å². The number of carbonyl (C=O) groups excluding carboxylic acids is 1. The van der Waals surface area contributed by atoms with Gasteiger partial charge in [0.1, 0.15) is 12.7 Å². The summed E-state index contributed by atoms with van der Waals surface area (Å²) >= 11 is 0. The highest BCUT2D eigenvalue weighted by Crippen LogP contribution is 2.11. The number of ether oxygens (including phenoxy) is 1. The van der Waals surface area contributed by atoms with Gasteiger partial charge in [0.05, 0.1) is 13.2 Å². The molecule has 3 aromatic rings. The topological polar surface area (TPSA) is 69.0 Å². The summed E-state index contributed by atoms with van der Waals surface area (Å²) in [5.41, 5.74) is 3.83. The number of benzene rings is 2. The molecule has 0 saturated carbocycles. The third kappa shape index (κ3) is 4.51. The monoisotopic (exact) mass is 336 g/mol. The summed E-state index contributed by atoms with van der Waals surface area (Å²) in [4.78, 5) is 16.3. The van der Waals surface area contributed by atoms with E-state index in [1.807, 2.05) is 48.5 Å². The molecule has 0 bridgehead atoms. The maximum Gasteiger partial charge on any atom is 0.251 e. The van der Waals surface area contributed by atoms with Crippen LogP contribution in [0.3, 0.4) is 0 Å². The second kappa shape index (κ2) is 8.21.